The van der Waals surface area contributed by atoms with Crippen LogP contribution in [-0.4, -0.2) is 56.1 Å². The van der Waals surface area contributed by atoms with Gasteiger partial charge in [0.1, 0.15) is 18.3 Å². The van der Waals surface area contributed by atoms with Crippen LogP contribution in [0.5, 0.6) is 5.75 Å². The molecule has 0 heterocycles. The van der Waals surface area contributed by atoms with Crippen LogP contribution in [0.15, 0.2) is 42.5 Å². The number of rotatable bonds is 10. The van der Waals surface area contributed by atoms with Crippen LogP contribution in [0.3, 0.4) is 0 Å². The van der Waals surface area contributed by atoms with Crippen LogP contribution in [-0.2, 0) is 26.2 Å². The Morgan fingerprint density at radius 1 is 1.06 bits per heavy atom. The molecule has 198 valence electrons. The average Bonchev–Trinajstić information content (AvgIpc) is 2.76. The van der Waals surface area contributed by atoms with Gasteiger partial charge in [0.05, 0.1) is 28.6 Å². The molecule has 0 saturated carbocycles. The lowest BCUT2D eigenvalue weighted by Crippen LogP contribution is -2.54. The van der Waals surface area contributed by atoms with E-state index in [4.69, 9.17) is 27.9 Å². The first-order chi connectivity index (χ1) is 16.6. The summed E-state index contributed by atoms with van der Waals surface area (Å²) in [5.41, 5.74) is 0.417. The molecular weight excluding hydrogens is 525 g/mol. The van der Waals surface area contributed by atoms with Gasteiger partial charge in [0.15, 0.2) is 0 Å². The number of sulfonamides is 1. The third-order valence-electron chi connectivity index (χ3n) is 5.12. The molecule has 2 amide bonds. The van der Waals surface area contributed by atoms with Gasteiger partial charge in [0, 0.05) is 12.1 Å². The number of carbonyl (C=O) groups is 2. The molecule has 0 fully saturated rings. The highest BCUT2D eigenvalue weighted by Crippen LogP contribution is 2.25. The van der Waals surface area contributed by atoms with Crippen LogP contribution in [0.1, 0.15) is 40.2 Å². The Kier molecular flexibility index (Phi) is 10.0. The summed E-state index contributed by atoms with van der Waals surface area (Å²) in [4.78, 5) is 27.9. The molecule has 1 atom stereocenters. The molecule has 0 unspecified atom stereocenters. The summed E-state index contributed by atoms with van der Waals surface area (Å²) in [5.74, 6) is -0.352. The van der Waals surface area contributed by atoms with E-state index in [1.807, 2.05) is 27.7 Å². The maximum absolute atomic E-state index is 13.6. The van der Waals surface area contributed by atoms with E-state index < -0.39 is 34.1 Å². The van der Waals surface area contributed by atoms with Crippen molar-refractivity contribution in [2.75, 3.05) is 23.7 Å². The van der Waals surface area contributed by atoms with E-state index in [0.29, 0.717) is 33.7 Å². The first-order valence-electron chi connectivity index (χ1n) is 11.4. The molecule has 2 aromatic carbocycles. The fraction of sp³-hybridized carbons (Fsp3) is 0.440. The Hall–Kier alpha value is -2.49. The number of hydrogen-bond donors (Lipinski definition) is 1. The van der Waals surface area contributed by atoms with Crippen molar-refractivity contribution in [3.63, 3.8) is 0 Å². The third kappa shape index (κ3) is 8.57. The quantitative estimate of drug-likeness (QED) is 0.464. The van der Waals surface area contributed by atoms with E-state index in [1.165, 1.54) is 4.90 Å². The number of hydrogen-bond acceptors (Lipinski definition) is 5. The molecule has 11 heteroatoms. The Balaban J connectivity index is 2.41. The molecule has 0 saturated heterocycles. The Labute approximate surface area is 223 Å². The molecule has 2 rings (SSSR count). The summed E-state index contributed by atoms with van der Waals surface area (Å²) < 4.78 is 31.7. The van der Waals surface area contributed by atoms with Crippen LogP contribution < -0.4 is 14.4 Å². The molecule has 1 N–H and O–H groups in total. The van der Waals surface area contributed by atoms with E-state index in [1.54, 1.807) is 49.4 Å². The van der Waals surface area contributed by atoms with Gasteiger partial charge in [-0.3, -0.25) is 13.9 Å². The molecule has 0 aliphatic carbocycles. The highest BCUT2D eigenvalue weighted by atomic mass is 35.5. The van der Waals surface area contributed by atoms with Crippen molar-refractivity contribution in [3.8, 4) is 5.75 Å². The standard InChI is InChI=1S/C25H33Cl2N3O5S/c1-7-35-20-11-9-19(10-12-20)30(36(6,33)34)16-23(31)29(17(2)24(32)28-25(3,4)5)15-18-8-13-21(26)22(27)14-18/h8-14,17H,7,15-16H2,1-6H3,(H,28,32)/t17-/m1/s1. The number of halogens is 2. The second-order valence-corrected chi connectivity index (χ2v) is 12.1. The van der Waals surface area contributed by atoms with Crippen molar-refractivity contribution in [2.24, 2.45) is 0 Å². The minimum Gasteiger partial charge on any atom is -0.494 e. The maximum Gasteiger partial charge on any atom is 0.244 e. The van der Waals surface area contributed by atoms with Gasteiger partial charge in [0.25, 0.3) is 0 Å². The summed E-state index contributed by atoms with van der Waals surface area (Å²) in [6.45, 7) is 8.93. The van der Waals surface area contributed by atoms with Gasteiger partial charge < -0.3 is 15.0 Å². The van der Waals surface area contributed by atoms with Crippen molar-refractivity contribution in [1.29, 1.82) is 0 Å². The number of anilines is 1. The second kappa shape index (κ2) is 12.2. The summed E-state index contributed by atoms with van der Waals surface area (Å²) in [6, 6.07) is 10.4. The van der Waals surface area contributed by atoms with Crippen LogP contribution in [0.4, 0.5) is 5.69 Å². The predicted molar refractivity (Wildman–Crippen MR) is 144 cm³/mol. The van der Waals surface area contributed by atoms with Crippen molar-refractivity contribution < 1.29 is 22.7 Å². The molecule has 0 aliphatic heterocycles. The fourth-order valence-electron chi connectivity index (χ4n) is 3.38. The maximum atomic E-state index is 13.6. The van der Waals surface area contributed by atoms with Crippen LogP contribution in [0.25, 0.3) is 0 Å². The molecule has 0 bridgehead atoms. The Morgan fingerprint density at radius 3 is 2.17 bits per heavy atom. The minimum atomic E-state index is -3.83. The zero-order valence-corrected chi connectivity index (χ0v) is 23.7. The second-order valence-electron chi connectivity index (χ2n) is 9.38. The predicted octanol–water partition coefficient (Wildman–Crippen LogP) is 4.49. The first kappa shape index (κ1) is 29.7. The SMILES string of the molecule is CCOc1ccc(N(CC(=O)N(Cc2ccc(Cl)c(Cl)c2)[C@H](C)C(=O)NC(C)(C)C)S(C)(=O)=O)cc1. The molecule has 0 aromatic heterocycles. The number of amides is 2. The molecule has 36 heavy (non-hydrogen) atoms. The van der Waals surface area contributed by atoms with E-state index in [0.717, 1.165) is 10.6 Å². The highest BCUT2D eigenvalue weighted by Gasteiger charge is 2.31. The number of nitrogens with zero attached hydrogens (tertiary/aromatic N) is 2. The monoisotopic (exact) mass is 557 g/mol. The zero-order valence-electron chi connectivity index (χ0n) is 21.3. The Morgan fingerprint density at radius 2 is 1.67 bits per heavy atom. The van der Waals surface area contributed by atoms with E-state index >= 15 is 0 Å². The van der Waals surface area contributed by atoms with Crippen LogP contribution in [0.2, 0.25) is 10.0 Å². The van der Waals surface area contributed by atoms with Gasteiger partial charge in [0.2, 0.25) is 21.8 Å². The Bertz CT molecular complexity index is 1180. The highest BCUT2D eigenvalue weighted by molar-refractivity contribution is 7.92. The summed E-state index contributed by atoms with van der Waals surface area (Å²) >= 11 is 12.2. The molecule has 0 aliphatic rings. The largest absolute Gasteiger partial charge is 0.494 e. The lowest BCUT2D eigenvalue weighted by molar-refractivity contribution is -0.140. The van der Waals surface area contributed by atoms with E-state index in [9.17, 15) is 18.0 Å². The molecule has 0 radical (unpaired) electrons. The smallest absolute Gasteiger partial charge is 0.244 e. The topological polar surface area (TPSA) is 96.0 Å². The van der Waals surface area contributed by atoms with Crippen molar-refractivity contribution >= 4 is 50.7 Å². The third-order valence-corrected chi connectivity index (χ3v) is 7.00. The van der Waals surface area contributed by atoms with Crippen LogP contribution >= 0.6 is 23.2 Å². The minimum absolute atomic E-state index is 0.0231. The van der Waals surface area contributed by atoms with E-state index in [2.05, 4.69) is 5.32 Å². The van der Waals surface area contributed by atoms with Gasteiger partial charge in [-0.25, -0.2) is 8.42 Å². The number of benzene rings is 2. The molecule has 2 aromatic rings. The van der Waals surface area contributed by atoms with Gasteiger partial charge >= 0.3 is 0 Å². The normalized spacial score (nSPS) is 12.6. The summed E-state index contributed by atoms with van der Waals surface area (Å²) in [6.07, 6.45) is 1.02. The van der Waals surface area contributed by atoms with Gasteiger partial charge in [-0.05, 0) is 76.6 Å². The van der Waals surface area contributed by atoms with Crippen molar-refractivity contribution in [3.05, 3.63) is 58.1 Å². The van der Waals surface area contributed by atoms with Gasteiger partial charge in [-0.15, -0.1) is 0 Å². The number of carbonyl (C=O) groups excluding carboxylic acids is 2. The zero-order chi connectivity index (χ0) is 27.3. The molecule has 0 spiro atoms. The molecular formula is C25H33Cl2N3O5S. The average molecular weight is 559 g/mol. The molecule has 8 nitrogen and oxygen atoms in total. The number of nitrogens with one attached hydrogen (secondary N) is 1. The lowest BCUT2D eigenvalue weighted by atomic mass is 10.1. The van der Waals surface area contributed by atoms with E-state index in [-0.39, 0.29) is 12.5 Å². The first-order valence-corrected chi connectivity index (χ1v) is 14.0. The summed E-state index contributed by atoms with van der Waals surface area (Å²) in [5, 5.41) is 3.53. The fourth-order valence-corrected chi connectivity index (χ4v) is 4.55. The van der Waals surface area contributed by atoms with Crippen molar-refractivity contribution in [2.45, 2.75) is 52.7 Å². The van der Waals surface area contributed by atoms with Crippen molar-refractivity contribution in [1.82, 2.24) is 10.2 Å². The van der Waals surface area contributed by atoms with Gasteiger partial charge in [-0.2, -0.15) is 0 Å². The van der Waals surface area contributed by atoms with Gasteiger partial charge in [-0.1, -0.05) is 29.3 Å². The summed E-state index contributed by atoms with van der Waals surface area (Å²) in [7, 11) is -3.83. The van der Waals surface area contributed by atoms with Crippen LogP contribution in [0, 0.1) is 0 Å². The lowest BCUT2D eigenvalue weighted by Gasteiger charge is -2.33. The number of ether oxygens (including phenoxy) is 1.